The van der Waals surface area contributed by atoms with Crippen molar-refractivity contribution in [2.24, 2.45) is 5.14 Å². The second-order valence-electron chi connectivity index (χ2n) is 3.59. The highest BCUT2D eigenvalue weighted by Crippen LogP contribution is 2.17. The molecular formula is C11H10N2O4S. The van der Waals surface area contributed by atoms with Crippen molar-refractivity contribution in [2.45, 2.75) is 4.90 Å². The lowest BCUT2D eigenvalue weighted by molar-refractivity contribution is 0.0594. The molecule has 2 aromatic rings. The number of pyridine rings is 1. The number of carbonyl (C=O) groups is 1. The molecular weight excluding hydrogens is 256 g/mol. The van der Waals surface area contributed by atoms with Gasteiger partial charge in [-0.25, -0.2) is 23.3 Å². The SMILES string of the molecule is COC(=O)c1ccc2cc(S(N)(=O)=O)ccc2n1. The summed E-state index contributed by atoms with van der Waals surface area (Å²) < 4.78 is 26.9. The number of methoxy groups -OCH3 is 1. The minimum Gasteiger partial charge on any atom is -0.464 e. The number of esters is 1. The Morgan fingerprint density at radius 2 is 2.00 bits per heavy atom. The van der Waals surface area contributed by atoms with E-state index in [1.54, 1.807) is 6.07 Å². The largest absolute Gasteiger partial charge is 0.464 e. The van der Waals surface area contributed by atoms with E-state index in [1.807, 2.05) is 0 Å². The fourth-order valence-electron chi connectivity index (χ4n) is 1.50. The van der Waals surface area contributed by atoms with Gasteiger partial charge in [0, 0.05) is 5.39 Å². The first-order chi connectivity index (χ1) is 8.41. The lowest BCUT2D eigenvalue weighted by Gasteiger charge is -2.03. The fourth-order valence-corrected chi connectivity index (χ4v) is 2.05. The van der Waals surface area contributed by atoms with Gasteiger partial charge in [0.1, 0.15) is 5.69 Å². The number of rotatable bonds is 2. The molecule has 0 aliphatic carbocycles. The number of primary sulfonamides is 1. The van der Waals surface area contributed by atoms with Crippen LogP contribution in [0.15, 0.2) is 35.2 Å². The second-order valence-corrected chi connectivity index (χ2v) is 5.15. The average Bonchev–Trinajstić information content (AvgIpc) is 2.35. The lowest BCUT2D eigenvalue weighted by atomic mass is 10.2. The van der Waals surface area contributed by atoms with Crippen molar-refractivity contribution >= 4 is 26.9 Å². The number of carbonyl (C=O) groups excluding carboxylic acids is 1. The maximum atomic E-state index is 11.3. The first-order valence-corrected chi connectivity index (χ1v) is 6.48. The summed E-state index contributed by atoms with van der Waals surface area (Å²) in [5, 5.41) is 5.60. The molecule has 7 heteroatoms. The zero-order valence-electron chi connectivity index (χ0n) is 9.45. The predicted octanol–water partition coefficient (Wildman–Crippen LogP) is 0.669. The highest BCUT2D eigenvalue weighted by atomic mass is 32.2. The van der Waals surface area contributed by atoms with Crippen LogP contribution in [0.5, 0.6) is 0 Å². The highest BCUT2D eigenvalue weighted by molar-refractivity contribution is 7.89. The molecule has 18 heavy (non-hydrogen) atoms. The van der Waals surface area contributed by atoms with Gasteiger partial charge >= 0.3 is 5.97 Å². The maximum Gasteiger partial charge on any atom is 0.356 e. The Kier molecular flexibility index (Phi) is 3.02. The first kappa shape index (κ1) is 12.5. The van der Waals surface area contributed by atoms with Crippen LogP contribution in [0, 0.1) is 0 Å². The fraction of sp³-hybridized carbons (Fsp3) is 0.0909. The number of nitrogens with two attached hydrogens (primary N) is 1. The summed E-state index contributed by atoms with van der Waals surface area (Å²) in [6, 6.07) is 7.27. The highest BCUT2D eigenvalue weighted by Gasteiger charge is 2.11. The molecule has 2 rings (SSSR count). The van der Waals surface area contributed by atoms with Crippen molar-refractivity contribution in [1.29, 1.82) is 0 Å². The van der Waals surface area contributed by atoms with Crippen molar-refractivity contribution in [3.8, 4) is 0 Å². The van der Waals surface area contributed by atoms with Crippen LogP contribution < -0.4 is 5.14 Å². The molecule has 6 nitrogen and oxygen atoms in total. The maximum absolute atomic E-state index is 11.3. The number of nitrogens with zero attached hydrogens (tertiary/aromatic N) is 1. The summed E-state index contributed by atoms with van der Waals surface area (Å²) in [6.07, 6.45) is 0. The van der Waals surface area contributed by atoms with Gasteiger partial charge in [-0.1, -0.05) is 6.07 Å². The third kappa shape index (κ3) is 2.31. The van der Waals surface area contributed by atoms with E-state index < -0.39 is 16.0 Å². The van der Waals surface area contributed by atoms with Crippen molar-refractivity contribution in [1.82, 2.24) is 4.98 Å². The van der Waals surface area contributed by atoms with Gasteiger partial charge in [-0.05, 0) is 24.3 Å². The Labute approximate surface area is 103 Å². The lowest BCUT2D eigenvalue weighted by Crippen LogP contribution is -2.12. The third-order valence-corrected chi connectivity index (χ3v) is 3.29. The summed E-state index contributed by atoms with van der Waals surface area (Å²) in [5.41, 5.74) is 0.652. The zero-order chi connectivity index (χ0) is 13.3. The van der Waals surface area contributed by atoms with E-state index in [-0.39, 0.29) is 10.6 Å². The van der Waals surface area contributed by atoms with Crippen LogP contribution >= 0.6 is 0 Å². The average molecular weight is 266 g/mol. The van der Waals surface area contributed by atoms with Crippen LogP contribution in [0.3, 0.4) is 0 Å². The van der Waals surface area contributed by atoms with Crippen LogP contribution in [-0.4, -0.2) is 26.5 Å². The van der Waals surface area contributed by atoms with Crippen molar-refractivity contribution < 1.29 is 17.9 Å². The summed E-state index contributed by atoms with van der Waals surface area (Å²) >= 11 is 0. The third-order valence-electron chi connectivity index (χ3n) is 2.38. The van der Waals surface area contributed by atoms with Crippen LogP contribution in [-0.2, 0) is 14.8 Å². The molecule has 0 fully saturated rings. The number of benzene rings is 1. The smallest absolute Gasteiger partial charge is 0.356 e. The van der Waals surface area contributed by atoms with Gasteiger partial charge in [-0.3, -0.25) is 0 Å². The van der Waals surface area contributed by atoms with E-state index in [9.17, 15) is 13.2 Å². The first-order valence-electron chi connectivity index (χ1n) is 4.94. The quantitative estimate of drug-likeness (QED) is 0.805. The number of ether oxygens (including phenoxy) is 1. The van der Waals surface area contributed by atoms with E-state index in [0.717, 1.165) is 0 Å². The van der Waals surface area contributed by atoms with E-state index in [0.29, 0.717) is 10.9 Å². The number of sulfonamides is 1. The second kappa shape index (κ2) is 4.35. The minimum absolute atomic E-state index is 0.00242. The minimum atomic E-state index is -3.74. The molecule has 94 valence electrons. The molecule has 0 unspecified atom stereocenters. The molecule has 0 aliphatic rings. The molecule has 1 aromatic carbocycles. The normalized spacial score (nSPS) is 11.4. The Balaban J connectivity index is 2.59. The van der Waals surface area contributed by atoms with E-state index in [2.05, 4.69) is 9.72 Å². The van der Waals surface area contributed by atoms with Gasteiger partial charge in [0.15, 0.2) is 0 Å². The van der Waals surface area contributed by atoms with Gasteiger partial charge in [0.2, 0.25) is 10.0 Å². The monoisotopic (exact) mass is 266 g/mol. The van der Waals surface area contributed by atoms with E-state index in [4.69, 9.17) is 5.14 Å². The summed E-state index contributed by atoms with van der Waals surface area (Å²) in [5.74, 6) is -0.549. The molecule has 0 saturated heterocycles. The molecule has 2 N–H and O–H groups in total. The van der Waals surface area contributed by atoms with Crippen LogP contribution in [0.2, 0.25) is 0 Å². The number of aromatic nitrogens is 1. The predicted molar refractivity (Wildman–Crippen MR) is 64.5 cm³/mol. The van der Waals surface area contributed by atoms with Gasteiger partial charge < -0.3 is 4.74 Å². The number of fused-ring (bicyclic) bond motifs is 1. The Morgan fingerprint density at radius 1 is 1.28 bits per heavy atom. The zero-order valence-corrected chi connectivity index (χ0v) is 10.3. The molecule has 0 saturated carbocycles. The topological polar surface area (TPSA) is 99.4 Å². The van der Waals surface area contributed by atoms with Crippen molar-refractivity contribution in [2.75, 3.05) is 7.11 Å². The van der Waals surface area contributed by atoms with Crippen molar-refractivity contribution in [3.63, 3.8) is 0 Å². The molecule has 0 radical (unpaired) electrons. The summed E-state index contributed by atoms with van der Waals surface area (Å²) in [4.78, 5) is 15.3. The number of hydrogen-bond acceptors (Lipinski definition) is 5. The Bertz CT molecular complexity index is 725. The summed E-state index contributed by atoms with van der Waals surface area (Å²) in [7, 11) is -2.48. The van der Waals surface area contributed by atoms with Gasteiger partial charge in [0.25, 0.3) is 0 Å². The Morgan fingerprint density at radius 3 is 2.61 bits per heavy atom. The molecule has 1 heterocycles. The van der Waals surface area contributed by atoms with Gasteiger partial charge in [0.05, 0.1) is 17.5 Å². The molecule has 0 atom stereocenters. The molecule has 0 spiro atoms. The number of hydrogen-bond donors (Lipinski definition) is 1. The van der Waals surface area contributed by atoms with Crippen LogP contribution in [0.1, 0.15) is 10.5 Å². The van der Waals surface area contributed by atoms with E-state index in [1.165, 1.54) is 31.4 Å². The standard InChI is InChI=1S/C11H10N2O4S/c1-17-11(14)10-4-2-7-6-8(18(12,15)16)3-5-9(7)13-10/h2-6H,1H3,(H2,12,15,16). The molecule has 0 aliphatic heterocycles. The van der Waals surface area contributed by atoms with Gasteiger partial charge in [-0.2, -0.15) is 0 Å². The summed E-state index contributed by atoms with van der Waals surface area (Å²) in [6.45, 7) is 0. The van der Waals surface area contributed by atoms with Crippen molar-refractivity contribution in [3.05, 3.63) is 36.0 Å². The molecule has 0 amide bonds. The van der Waals surface area contributed by atoms with Crippen LogP contribution in [0.25, 0.3) is 10.9 Å². The van der Waals surface area contributed by atoms with E-state index >= 15 is 0 Å². The molecule has 1 aromatic heterocycles. The molecule has 0 bridgehead atoms. The van der Waals surface area contributed by atoms with Crippen LogP contribution in [0.4, 0.5) is 0 Å². The Hall–Kier alpha value is -1.99. The van der Waals surface area contributed by atoms with Gasteiger partial charge in [-0.15, -0.1) is 0 Å².